The molecule has 92 valence electrons. The summed E-state index contributed by atoms with van der Waals surface area (Å²) in [6, 6.07) is 6.43. The summed E-state index contributed by atoms with van der Waals surface area (Å²) in [5.41, 5.74) is 7.55. The van der Waals surface area contributed by atoms with Crippen LogP contribution in [0.5, 0.6) is 0 Å². The minimum atomic E-state index is 0.167. The predicted molar refractivity (Wildman–Crippen MR) is 77.5 cm³/mol. The van der Waals surface area contributed by atoms with Gasteiger partial charge in [0, 0.05) is 22.6 Å². The second-order valence-corrected chi connectivity index (χ2v) is 5.47. The van der Waals surface area contributed by atoms with E-state index in [2.05, 4.69) is 20.8 Å². The zero-order valence-electron chi connectivity index (χ0n) is 9.40. The summed E-state index contributed by atoms with van der Waals surface area (Å²) in [6.07, 6.45) is 2.40. The Morgan fingerprint density at radius 3 is 2.71 bits per heavy atom. The quantitative estimate of drug-likeness (QED) is 0.817. The lowest BCUT2D eigenvalue weighted by Gasteiger charge is -2.25. The van der Waals surface area contributed by atoms with Crippen molar-refractivity contribution in [1.82, 2.24) is 0 Å². The molecule has 1 aromatic carbocycles. The van der Waals surface area contributed by atoms with E-state index in [9.17, 15) is 0 Å². The van der Waals surface area contributed by atoms with Gasteiger partial charge >= 0.3 is 0 Å². The van der Waals surface area contributed by atoms with E-state index >= 15 is 0 Å². The second kappa shape index (κ2) is 5.33. The number of hydrogen-bond donors (Lipinski definition) is 2. The summed E-state index contributed by atoms with van der Waals surface area (Å²) in [5.74, 6) is 0. The number of halogens is 1. The van der Waals surface area contributed by atoms with Gasteiger partial charge in [0.05, 0.1) is 12.3 Å². The van der Waals surface area contributed by atoms with Crippen molar-refractivity contribution in [2.24, 2.45) is 5.73 Å². The number of thiocarbonyl (C=S) groups is 1. The lowest BCUT2D eigenvalue weighted by atomic mass is 10.2. The van der Waals surface area contributed by atoms with Crippen LogP contribution in [0.2, 0.25) is 0 Å². The maximum atomic E-state index is 9.11. The Hall–Kier alpha value is -0.650. The summed E-state index contributed by atoms with van der Waals surface area (Å²) in [4.78, 5) is 2.63. The molecule has 0 saturated heterocycles. The maximum absolute atomic E-state index is 9.11. The fraction of sp³-hybridized carbons (Fsp3) is 0.417. The third kappa shape index (κ3) is 2.97. The van der Waals surface area contributed by atoms with Crippen LogP contribution in [0.4, 0.5) is 5.69 Å². The van der Waals surface area contributed by atoms with E-state index in [1.54, 1.807) is 0 Å². The fourth-order valence-corrected chi connectivity index (χ4v) is 2.62. The van der Waals surface area contributed by atoms with Crippen LogP contribution in [0, 0.1) is 0 Å². The van der Waals surface area contributed by atoms with E-state index in [1.807, 2.05) is 18.2 Å². The largest absolute Gasteiger partial charge is 0.395 e. The normalized spacial score (nSPS) is 14.7. The lowest BCUT2D eigenvalue weighted by molar-refractivity contribution is 0.301. The summed E-state index contributed by atoms with van der Waals surface area (Å²) < 4.78 is 0.975. The molecule has 0 bridgehead atoms. The van der Waals surface area contributed by atoms with Crippen molar-refractivity contribution in [1.29, 1.82) is 0 Å². The molecule has 1 aliphatic carbocycles. The number of benzene rings is 1. The third-order valence-electron chi connectivity index (χ3n) is 2.87. The van der Waals surface area contributed by atoms with Crippen LogP contribution in [-0.2, 0) is 0 Å². The van der Waals surface area contributed by atoms with Crippen molar-refractivity contribution in [2.45, 2.75) is 18.9 Å². The zero-order chi connectivity index (χ0) is 12.4. The number of nitrogens with two attached hydrogens (primary N) is 1. The monoisotopic (exact) mass is 314 g/mol. The van der Waals surface area contributed by atoms with E-state index < -0.39 is 0 Å². The van der Waals surface area contributed by atoms with E-state index in [1.165, 1.54) is 12.8 Å². The smallest absolute Gasteiger partial charge is 0.104 e. The molecule has 1 aromatic rings. The first kappa shape index (κ1) is 12.8. The Labute approximate surface area is 115 Å². The van der Waals surface area contributed by atoms with Gasteiger partial charge in [-0.3, -0.25) is 0 Å². The molecule has 0 radical (unpaired) electrons. The van der Waals surface area contributed by atoms with Gasteiger partial charge in [-0.05, 0) is 47.0 Å². The Morgan fingerprint density at radius 1 is 1.53 bits per heavy atom. The zero-order valence-corrected chi connectivity index (χ0v) is 11.8. The lowest BCUT2D eigenvalue weighted by Crippen LogP contribution is -2.29. The molecule has 0 atom stereocenters. The molecule has 0 aromatic heterocycles. The second-order valence-electron chi connectivity index (χ2n) is 4.18. The first-order valence-electron chi connectivity index (χ1n) is 5.60. The van der Waals surface area contributed by atoms with Crippen LogP contribution in [0.25, 0.3) is 0 Å². The standard InChI is InChI=1S/C12H15BrN2OS/c13-10-7-8(12(14)17)1-4-11(10)15(5-6-16)9-2-3-9/h1,4,7,9,16H,2-3,5-6H2,(H2,14,17). The van der Waals surface area contributed by atoms with Crippen LogP contribution in [0.1, 0.15) is 18.4 Å². The van der Waals surface area contributed by atoms with Gasteiger partial charge in [-0.2, -0.15) is 0 Å². The highest BCUT2D eigenvalue weighted by molar-refractivity contribution is 9.10. The number of aliphatic hydroxyl groups excluding tert-OH is 1. The molecule has 0 aliphatic heterocycles. The SMILES string of the molecule is NC(=S)c1ccc(N(CCO)C2CC2)c(Br)c1. The number of nitrogens with zero attached hydrogens (tertiary/aromatic N) is 1. The molecular formula is C12H15BrN2OS. The van der Waals surface area contributed by atoms with Gasteiger partial charge in [0.25, 0.3) is 0 Å². The fourth-order valence-electron chi connectivity index (χ4n) is 1.89. The molecule has 3 nitrogen and oxygen atoms in total. The molecule has 0 heterocycles. The average molecular weight is 315 g/mol. The average Bonchev–Trinajstić information content (AvgIpc) is 3.10. The van der Waals surface area contributed by atoms with Gasteiger partial charge in [0.15, 0.2) is 0 Å². The highest BCUT2D eigenvalue weighted by Crippen LogP contribution is 2.35. The Morgan fingerprint density at radius 2 is 2.24 bits per heavy atom. The Bertz CT molecular complexity index is 435. The highest BCUT2D eigenvalue weighted by Gasteiger charge is 2.29. The van der Waals surface area contributed by atoms with Crippen molar-refractivity contribution in [3.8, 4) is 0 Å². The number of hydrogen-bond acceptors (Lipinski definition) is 3. The minimum Gasteiger partial charge on any atom is -0.395 e. The first-order valence-corrected chi connectivity index (χ1v) is 6.80. The van der Waals surface area contributed by atoms with Gasteiger partial charge in [-0.15, -0.1) is 0 Å². The van der Waals surface area contributed by atoms with Gasteiger partial charge in [-0.25, -0.2) is 0 Å². The van der Waals surface area contributed by atoms with Crippen LogP contribution < -0.4 is 10.6 Å². The van der Waals surface area contributed by atoms with Crippen LogP contribution in [0.3, 0.4) is 0 Å². The van der Waals surface area contributed by atoms with Crippen LogP contribution in [0.15, 0.2) is 22.7 Å². The van der Waals surface area contributed by atoms with Crippen LogP contribution >= 0.6 is 28.1 Å². The van der Waals surface area contributed by atoms with Crippen molar-refractivity contribution in [2.75, 3.05) is 18.1 Å². The molecule has 1 saturated carbocycles. The van der Waals surface area contributed by atoms with Gasteiger partial charge in [-0.1, -0.05) is 12.2 Å². The summed E-state index contributed by atoms with van der Waals surface area (Å²) in [6.45, 7) is 0.829. The molecule has 1 fully saturated rings. The Kier molecular flexibility index (Phi) is 4.01. The molecule has 3 N–H and O–H groups in total. The van der Waals surface area contributed by atoms with E-state index in [-0.39, 0.29) is 6.61 Å². The molecule has 0 amide bonds. The molecular weight excluding hydrogens is 300 g/mol. The van der Waals surface area contributed by atoms with Crippen molar-refractivity contribution >= 4 is 38.8 Å². The maximum Gasteiger partial charge on any atom is 0.104 e. The number of aliphatic hydroxyl groups is 1. The van der Waals surface area contributed by atoms with Crippen molar-refractivity contribution in [3.05, 3.63) is 28.2 Å². The van der Waals surface area contributed by atoms with E-state index in [0.717, 1.165) is 15.7 Å². The summed E-state index contributed by atoms with van der Waals surface area (Å²) >= 11 is 8.49. The number of anilines is 1. The van der Waals surface area contributed by atoms with Crippen molar-refractivity contribution < 1.29 is 5.11 Å². The van der Waals surface area contributed by atoms with Gasteiger partial charge in [0.2, 0.25) is 0 Å². The molecule has 17 heavy (non-hydrogen) atoms. The van der Waals surface area contributed by atoms with Gasteiger partial charge < -0.3 is 15.7 Å². The molecule has 5 heteroatoms. The van der Waals surface area contributed by atoms with Gasteiger partial charge in [0.1, 0.15) is 4.99 Å². The number of rotatable bonds is 5. The Balaban J connectivity index is 2.27. The molecule has 1 aliphatic rings. The van der Waals surface area contributed by atoms with E-state index in [0.29, 0.717) is 17.6 Å². The van der Waals surface area contributed by atoms with E-state index in [4.69, 9.17) is 23.1 Å². The topological polar surface area (TPSA) is 49.5 Å². The third-order valence-corrected chi connectivity index (χ3v) is 3.74. The molecule has 0 unspecified atom stereocenters. The predicted octanol–water partition coefficient (Wildman–Crippen LogP) is 2.04. The van der Waals surface area contributed by atoms with Crippen LogP contribution in [-0.4, -0.2) is 29.3 Å². The summed E-state index contributed by atoms with van der Waals surface area (Å²) in [5, 5.41) is 9.11. The summed E-state index contributed by atoms with van der Waals surface area (Å²) in [7, 11) is 0. The highest BCUT2D eigenvalue weighted by atomic mass is 79.9. The first-order chi connectivity index (χ1) is 8.13. The molecule has 0 spiro atoms. The minimum absolute atomic E-state index is 0.167. The van der Waals surface area contributed by atoms with Crippen molar-refractivity contribution in [3.63, 3.8) is 0 Å². The molecule has 2 rings (SSSR count).